The topological polar surface area (TPSA) is 124 Å². The van der Waals surface area contributed by atoms with E-state index in [9.17, 15) is 51.6 Å². The largest absolute Gasteiger partial charge is 0.524 e. The molecule has 0 fully saturated rings. The lowest BCUT2D eigenvalue weighted by molar-refractivity contribution is -0.0499. The van der Waals surface area contributed by atoms with Crippen LogP contribution in [-0.4, -0.2) is 36.3 Å². The smallest absolute Gasteiger partial charge is 0.202 e. The van der Waals surface area contributed by atoms with Gasteiger partial charge < -0.3 is 0 Å². The normalized spacial score (nSPS) is 15.5. The number of halogens is 6. The van der Waals surface area contributed by atoms with E-state index in [0.717, 1.165) is 0 Å². The van der Waals surface area contributed by atoms with Crippen molar-refractivity contribution in [2.24, 2.45) is 0 Å². The van der Waals surface area contributed by atoms with Crippen molar-refractivity contribution < 1.29 is 55.2 Å². The Morgan fingerprint density at radius 3 is 1.37 bits per heavy atom. The molecule has 0 saturated heterocycles. The van der Waals surface area contributed by atoms with Gasteiger partial charge in [-0.05, 0) is 0 Å². The zero-order chi connectivity index (χ0) is 15.9. The van der Waals surface area contributed by atoms with Gasteiger partial charge in [0, 0.05) is 0 Å². The first-order chi connectivity index (χ1) is 7.91. The summed E-state index contributed by atoms with van der Waals surface area (Å²) in [6, 6.07) is 0. The minimum atomic E-state index is -6.86. The molecular weight excluding hydrogens is 360 g/mol. The molecule has 0 aromatic carbocycles. The van der Waals surface area contributed by atoms with Crippen LogP contribution < -0.4 is 4.13 Å². The first kappa shape index (κ1) is 18.4. The maximum atomic E-state index is 11.7. The van der Waals surface area contributed by atoms with E-state index in [2.05, 4.69) is 3.63 Å². The van der Waals surface area contributed by atoms with Crippen molar-refractivity contribution in [3.63, 3.8) is 0 Å². The number of alkyl halides is 6. The van der Waals surface area contributed by atoms with Gasteiger partial charge in [0.15, 0.2) is 0 Å². The van der Waals surface area contributed by atoms with Gasteiger partial charge in [0.1, 0.15) is 0 Å². The van der Waals surface area contributed by atoms with Gasteiger partial charge in [-0.2, -0.15) is 43.2 Å². The van der Waals surface area contributed by atoms with Crippen molar-refractivity contribution in [1.29, 1.82) is 0 Å². The van der Waals surface area contributed by atoms with Gasteiger partial charge in [-0.15, -0.1) is 3.63 Å². The molecule has 0 saturated carbocycles. The molecule has 0 aromatic rings. The maximum absolute atomic E-state index is 11.7. The number of hydrogen-bond donors (Lipinski definition) is 1. The van der Waals surface area contributed by atoms with E-state index < -0.39 is 41.5 Å². The summed E-state index contributed by atoms with van der Waals surface area (Å²) >= 11 is 0. The highest BCUT2D eigenvalue weighted by molar-refractivity contribution is 8.07. The van der Waals surface area contributed by atoms with Crippen LogP contribution in [0.4, 0.5) is 26.3 Å². The van der Waals surface area contributed by atoms with E-state index in [4.69, 9.17) is 0 Å². The fourth-order valence-corrected chi connectivity index (χ4v) is 3.42. The van der Waals surface area contributed by atoms with Crippen LogP contribution in [0.5, 0.6) is 0 Å². The van der Waals surface area contributed by atoms with Gasteiger partial charge in [-0.3, -0.25) is 0 Å². The molecule has 1 N–H and O–H groups in total. The zero-order valence-corrected chi connectivity index (χ0v) is 10.3. The summed E-state index contributed by atoms with van der Waals surface area (Å²) in [6.07, 6.45) is 0. The lowest BCUT2D eigenvalue weighted by Gasteiger charge is -2.11. The van der Waals surface area contributed by atoms with Crippen LogP contribution in [0.15, 0.2) is 0 Å². The molecule has 0 rings (SSSR count). The first-order valence-corrected chi connectivity index (χ1v) is 7.58. The lowest BCUT2D eigenvalue weighted by atomic mass is 11.6. The molecular formula is C2HF6NO7S3. The van der Waals surface area contributed by atoms with Crippen LogP contribution in [0.3, 0.4) is 0 Å². The van der Waals surface area contributed by atoms with E-state index >= 15 is 0 Å². The SMILES string of the molecule is O=S(=O)(NS(=O)(=O)C(F)(F)F)OS(=O)(=O)C(F)(F)F. The number of hydrogen-bond acceptors (Lipinski definition) is 7. The van der Waals surface area contributed by atoms with Crippen molar-refractivity contribution in [3.8, 4) is 0 Å². The standard InChI is InChI=1S/C2HF6NO7S3/c3-1(4,5)17(10,11)9-19(14,15)16-18(12,13)2(6,7)8/h9H. The molecule has 0 unspecified atom stereocenters. The van der Waals surface area contributed by atoms with Crippen LogP contribution in [0.25, 0.3) is 0 Å². The number of sulfonamides is 1. The zero-order valence-electron chi connectivity index (χ0n) is 7.85. The molecule has 17 heteroatoms. The van der Waals surface area contributed by atoms with Crippen molar-refractivity contribution in [3.05, 3.63) is 0 Å². The third kappa shape index (κ3) is 4.75. The van der Waals surface area contributed by atoms with E-state index in [1.54, 1.807) is 0 Å². The molecule has 0 aliphatic rings. The van der Waals surface area contributed by atoms with Gasteiger partial charge in [0.2, 0.25) is 0 Å². The average Bonchev–Trinajstić information content (AvgIpc) is 1.93. The van der Waals surface area contributed by atoms with Crippen LogP contribution in [0, 0.1) is 0 Å². The van der Waals surface area contributed by atoms with Crippen LogP contribution in [0.1, 0.15) is 0 Å². The molecule has 8 nitrogen and oxygen atoms in total. The summed E-state index contributed by atoms with van der Waals surface area (Å²) in [5, 5.41) is 0. The molecule has 0 amide bonds. The van der Waals surface area contributed by atoms with Gasteiger partial charge in [0.05, 0.1) is 0 Å². The molecule has 19 heavy (non-hydrogen) atoms. The monoisotopic (exact) mass is 361 g/mol. The highest BCUT2D eigenvalue weighted by atomic mass is 32.3. The Balaban J connectivity index is 5.41. The van der Waals surface area contributed by atoms with E-state index in [-0.39, 0.29) is 4.13 Å². The van der Waals surface area contributed by atoms with E-state index in [0.29, 0.717) is 0 Å². The molecule has 0 aliphatic carbocycles. The van der Waals surface area contributed by atoms with Crippen molar-refractivity contribution in [2.75, 3.05) is 0 Å². The molecule has 0 spiro atoms. The summed E-state index contributed by atoms with van der Waals surface area (Å²) in [7, 11) is -20.0. The van der Waals surface area contributed by atoms with Crippen LogP contribution >= 0.6 is 0 Å². The fourth-order valence-electron chi connectivity index (χ4n) is 0.352. The quantitative estimate of drug-likeness (QED) is 0.531. The highest BCUT2D eigenvalue weighted by Gasteiger charge is 2.53. The molecule has 0 heterocycles. The molecule has 0 radical (unpaired) electrons. The summed E-state index contributed by atoms with van der Waals surface area (Å²) in [5.41, 5.74) is -12.5. The Morgan fingerprint density at radius 2 is 1.11 bits per heavy atom. The minimum Gasteiger partial charge on any atom is -0.202 e. The van der Waals surface area contributed by atoms with Gasteiger partial charge in [0.25, 0.3) is 0 Å². The Morgan fingerprint density at radius 1 is 0.737 bits per heavy atom. The predicted molar refractivity (Wildman–Crippen MR) is 43.1 cm³/mol. The Kier molecular flexibility index (Phi) is 4.56. The van der Waals surface area contributed by atoms with Crippen LogP contribution in [0.2, 0.25) is 0 Å². The average molecular weight is 361 g/mol. The Labute approximate surface area is 101 Å². The fraction of sp³-hybridized carbons (Fsp3) is 1.00. The summed E-state index contributed by atoms with van der Waals surface area (Å²) in [6.45, 7) is 0. The van der Waals surface area contributed by atoms with Crippen molar-refractivity contribution in [1.82, 2.24) is 4.13 Å². The summed E-state index contributed by atoms with van der Waals surface area (Å²) in [4.78, 5) is 0. The molecule has 116 valence electrons. The van der Waals surface area contributed by atoms with E-state index in [1.165, 1.54) is 0 Å². The first-order valence-electron chi connectivity index (χ1n) is 3.28. The van der Waals surface area contributed by atoms with Gasteiger partial charge in [-0.25, -0.2) is 8.42 Å². The second-order valence-corrected chi connectivity index (χ2v) is 7.41. The molecule has 0 aromatic heterocycles. The highest BCUT2D eigenvalue weighted by Crippen LogP contribution is 2.27. The molecule has 0 atom stereocenters. The number of rotatable bonds is 4. The second kappa shape index (κ2) is 4.72. The van der Waals surface area contributed by atoms with Gasteiger partial charge in [-0.1, -0.05) is 4.13 Å². The van der Waals surface area contributed by atoms with Gasteiger partial charge >= 0.3 is 41.5 Å². The number of nitrogens with one attached hydrogen (secondary N) is 1. The second-order valence-electron chi connectivity index (χ2n) is 2.45. The van der Waals surface area contributed by atoms with Crippen molar-refractivity contribution >= 4 is 30.4 Å². The van der Waals surface area contributed by atoms with Crippen LogP contribution in [-0.2, 0) is 34.1 Å². The van der Waals surface area contributed by atoms with Crippen molar-refractivity contribution in [2.45, 2.75) is 11.0 Å². The predicted octanol–water partition coefficient (Wildman–Crippen LogP) is -0.463. The minimum absolute atomic E-state index is 0.381. The third-order valence-electron chi connectivity index (χ3n) is 0.979. The Bertz CT molecular complexity index is 584. The summed E-state index contributed by atoms with van der Waals surface area (Å²) < 4.78 is 134. The molecule has 0 aliphatic heterocycles. The summed E-state index contributed by atoms with van der Waals surface area (Å²) in [5.74, 6) is 0. The molecule has 0 bridgehead atoms. The van der Waals surface area contributed by atoms with E-state index in [1.807, 2.05) is 0 Å². The Hall–Kier alpha value is -0.650. The maximum Gasteiger partial charge on any atom is 0.524 e. The third-order valence-corrected chi connectivity index (χ3v) is 5.28. The lowest BCUT2D eigenvalue weighted by Crippen LogP contribution is -2.42.